The smallest absolute Gasteiger partial charge is 0.221 e. The van der Waals surface area contributed by atoms with Crippen LogP contribution in [0.1, 0.15) is 11.4 Å². The fourth-order valence-electron chi connectivity index (χ4n) is 1.22. The molecule has 0 bridgehead atoms. The molecule has 0 saturated carbocycles. The van der Waals surface area contributed by atoms with Crippen molar-refractivity contribution < 1.29 is 13.2 Å². The number of aryl methyl sites for hydroxylation is 1. The third kappa shape index (κ3) is 2.56. The predicted octanol–water partition coefficient (Wildman–Crippen LogP) is 3.30. The SMILES string of the molecule is Cc1nn(-c2cc(C(F)(F)F)nc(Cl)n2)cc1Cl. The Morgan fingerprint density at radius 1 is 1.22 bits per heavy atom. The minimum Gasteiger partial charge on any atom is -0.221 e. The normalized spacial score (nSPS) is 11.9. The molecular weight excluding hydrogens is 292 g/mol. The average molecular weight is 297 g/mol. The molecule has 2 aromatic heterocycles. The van der Waals surface area contributed by atoms with E-state index in [1.165, 1.54) is 6.20 Å². The fourth-order valence-corrected chi connectivity index (χ4v) is 1.53. The molecule has 4 nitrogen and oxygen atoms in total. The Kier molecular flexibility index (Phi) is 3.20. The lowest BCUT2D eigenvalue weighted by Gasteiger charge is -2.07. The molecule has 0 aliphatic carbocycles. The maximum Gasteiger partial charge on any atom is 0.433 e. The highest BCUT2D eigenvalue weighted by Gasteiger charge is 2.33. The van der Waals surface area contributed by atoms with Gasteiger partial charge in [-0.15, -0.1) is 0 Å². The molecule has 0 aliphatic rings. The molecule has 0 aliphatic heterocycles. The van der Waals surface area contributed by atoms with Crippen molar-refractivity contribution in [1.82, 2.24) is 19.7 Å². The van der Waals surface area contributed by atoms with Gasteiger partial charge in [0.2, 0.25) is 5.28 Å². The number of hydrogen-bond donors (Lipinski definition) is 0. The van der Waals surface area contributed by atoms with Gasteiger partial charge < -0.3 is 0 Å². The molecule has 0 fully saturated rings. The number of halogens is 5. The monoisotopic (exact) mass is 296 g/mol. The number of hydrogen-bond acceptors (Lipinski definition) is 3. The van der Waals surface area contributed by atoms with Gasteiger partial charge in [-0.05, 0) is 18.5 Å². The summed E-state index contributed by atoms with van der Waals surface area (Å²) in [6, 6.07) is 0.745. The van der Waals surface area contributed by atoms with E-state index in [0.717, 1.165) is 10.7 Å². The van der Waals surface area contributed by atoms with Gasteiger partial charge >= 0.3 is 6.18 Å². The van der Waals surface area contributed by atoms with Crippen LogP contribution in [0.3, 0.4) is 0 Å². The summed E-state index contributed by atoms with van der Waals surface area (Å²) < 4.78 is 38.7. The molecular formula is C9H5Cl2F3N4. The summed E-state index contributed by atoms with van der Waals surface area (Å²) >= 11 is 11.2. The van der Waals surface area contributed by atoms with Gasteiger partial charge in [-0.2, -0.15) is 23.3 Å². The molecule has 18 heavy (non-hydrogen) atoms. The van der Waals surface area contributed by atoms with Crippen LogP contribution in [-0.4, -0.2) is 19.7 Å². The number of alkyl halides is 3. The second-order valence-corrected chi connectivity index (χ2v) is 4.13. The van der Waals surface area contributed by atoms with Gasteiger partial charge in [0.1, 0.15) is 0 Å². The molecule has 0 radical (unpaired) electrons. The first kappa shape index (κ1) is 13.1. The van der Waals surface area contributed by atoms with Crippen LogP contribution in [0.4, 0.5) is 13.2 Å². The van der Waals surface area contributed by atoms with E-state index >= 15 is 0 Å². The average Bonchev–Trinajstić information content (AvgIpc) is 2.57. The lowest BCUT2D eigenvalue weighted by Crippen LogP contribution is -2.11. The lowest BCUT2D eigenvalue weighted by atomic mass is 10.4. The molecule has 2 rings (SSSR count). The lowest BCUT2D eigenvalue weighted by molar-refractivity contribution is -0.141. The summed E-state index contributed by atoms with van der Waals surface area (Å²) in [5.74, 6) is -0.0997. The van der Waals surface area contributed by atoms with Crippen LogP contribution >= 0.6 is 23.2 Å². The van der Waals surface area contributed by atoms with Crippen molar-refractivity contribution in [2.75, 3.05) is 0 Å². The van der Waals surface area contributed by atoms with Crippen molar-refractivity contribution >= 4 is 23.2 Å². The second kappa shape index (κ2) is 4.40. The molecule has 0 amide bonds. The Morgan fingerprint density at radius 3 is 2.39 bits per heavy atom. The van der Waals surface area contributed by atoms with Crippen LogP contribution in [0.5, 0.6) is 0 Å². The third-order valence-electron chi connectivity index (χ3n) is 2.05. The maximum atomic E-state index is 12.5. The van der Waals surface area contributed by atoms with Crippen molar-refractivity contribution in [2.45, 2.75) is 13.1 Å². The Bertz CT molecular complexity index is 574. The van der Waals surface area contributed by atoms with E-state index in [1.807, 2.05) is 0 Å². The zero-order valence-corrected chi connectivity index (χ0v) is 10.3. The van der Waals surface area contributed by atoms with Gasteiger partial charge in [0.05, 0.1) is 16.9 Å². The standard InChI is InChI=1S/C9H5Cl2F3N4/c1-4-5(10)3-18(17-4)7-2-6(9(12,13)14)15-8(11)16-7/h2-3H,1H3. The van der Waals surface area contributed by atoms with Crippen LogP contribution in [0.15, 0.2) is 12.3 Å². The molecule has 0 unspecified atom stereocenters. The Labute approximate surface area is 109 Å². The minimum atomic E-state index is -4.60. The van der Waals surface area contributed by atoms with Gasteiger partial charge in [0, 0.05) is 6.07 Å². The fraction of sp³-hybridized carbons (Fsp3) is 0.222. The molecule has 9 heteroatoms. The maximum absolute atomic E-state index is 12.5. The summed E-state index contributed by atoms with van der Waals surface area (Å²) in [6.07, 6.45) is -3.26. The van der Waals surface area contributed by atoms with E-state index in [1.54, 1.807) is 6.92 Å². The first-order chi connectivity index (χ1) is 8.27. The van der Waals surface area contributed by atoms with Crippen LogP contribution in [0.2, 0.25) is 10.3 Å². The summed E-state index contributed by atoms with van der Waals surface area (Å²) in [4.78, 5) is 6.78. The number of rotatable bonds is 1. The van der Waals surface area contributed by atoms with Gasteiger partial charge in [0.25, 0.3) is 0 Å². The molecule has 96 valence electrons. The van der Waals surface area contributed by atoms with Crippen LogP contribution in [0.25, 0.3) is 5.82 Å². The number of nitrogens with zero attached hydrogens (tertiary/aromatic N) is 4. The molecule has 0 aromatic carbocycles. The zero-order chi connectivity index (χ0) is 13.5. The first-order valence-corrected chi connectivity index (χ1v) is 5.37. The Hall–Kier alpha value is -1.34. The van der Waals surface area contributed by atoms with Gasteiger partial charge in [-0.25, -0.2) is 9.67 Å². The molecule has 2 aromatic rings. The summed E-state index contributed by atoms with van der Waals surface area (Å²) in [7, 11) is 0. The summed E-state index contributed by atoms with van der Waals surface area (Å²) in [6.45, 7) is 1.62. The van der Waals surface area contributed by atoms with Crippen LogP contribution < -0.4 is 0 Å². The van der Waals surface area contributed by atoms with Crippen molar-refractivity contribution in [3.05, 3.63) is 34.0 Å². The Balaban J connectivity index is 2.55. The van der Waals surface area contributed by atoms with E-state index < -0.39 is 17.2 Å². The van der Waals surface area contributed by atoms with E-state index in [-0.39, 0.29) is 5.82 Å². The second-order valence-electron chi connectivity index (χ2n) is 3.39. The largest absolute Gasteiger partial charge is 0.433 e. The minimum absolute atomic E-state index is 0.0997. The molecule has 0 N–H and O–H groups in total. The van der Waals surface area contributed by atoms with E-state index in [4.69, 9.17) is 23.2 Å². The third-order valence-corrected chi connectivity index (χ3v) is 2.59. The molecule has 0 atom stereocenters. The molecule has 0 spiro atoms. The van der Waals surface area contributed by atoms with Crippen molar-refractivity contribution in [1.29, 1.82) is 0 Å². The summed E-state index contributed by atoms with van der Waals surface area (Å²) in [5, 5.41) is 3.72. The van der Waals surface area contributed by atoms with Crippen LogP contribution in [0, 0.1) is 6.92 Å². The van der Waals surface area contributed by atoms with Gasteiger partial charge in [-0.3, -0.25) is 0 Å². The molecule has 0 saturated heterocycles. The number of aromatic nitrogens is 4. The summed E-state index contributed by atoms with van der Waals surface area (Å²) in [5.41, 5.74) is -0.665. The van der Waals surface area contributed by atoms with Gasteiger partial charge in [0.15, 0.2) is 11.5 Å². The quantitative estimate of drug-likeness (QED) is 0.759. The van der Waals surface area contributed by atoms with E-state index in [2.05, 4.69) is 15.1 Å². The van der Waals surface area contributed by atoms with E-state index in [0.29, 0.717) is 10.7 Å². The van der Waals surface area contributed by atoms with Crippen LogP contribution in [-0.2, 0) is 6.18 Å². The van der Waals surface area contributed by atoms with Crippen molar-refractivity contribution in [3.63, 3.8) is 0 Å². The topological polar surface area (TPSA) is 43.6 Å². The predicted molar refractivity (Wildman–Crippen MR) is 58.9 cm³/mol. The zero-order valence-electron chi connectivity index (χ0n) is 8.83. The van der Waals surface area contributed by atoms with Crippen molar-refractivity contribution in [2.24, 2.45) is 0 Å². The highest BCUT2D eigenvalue weighted by atomic mass is 35.5. The van der Waals surface area contributed by atoms with Crippen molar-refractivity contribution in [3.8, 4) is 5.82 Å². The van der Waals surface area contributed by atoms with Gasteiger partial charge in [-0.1, -0.05) is 11.6 Å². The van der Waals surface area contributed by atoms with E-state index in [9.17, 15) is 13.2 Å². The Morgan fingerprint density at radius 2 is 1.89 bits per heavy atom. The molecule has 2 heterocycles. The highest BCUT2D eigenvalue weighted by molar-refractivity contribution is 6.31. The first-order valence-electron chi connectivity index (χ1n) is 4.61. The highest BCUT2D eigenvalue weighted by Crippen LogP contribution is 2.29.